The molecule has 2 rings (SSSR count). The van der Waals surface area contributed by atoms with Crippen LogP contribution in [-0.4, -0.2) is 18.5 Å². The number of carbonyl (C=O) groups excluding carboxylic acids is 1. The maximum atomic E-state index is 11.9. The summed E-state index contributed by atoms with van der Waals surface area (Å²) in [5, 5.41) is 3.13. The summed E-state index contributed by atoms with van der Waals surface area (Å²) >= 11 is 0. The molecule has 0 aromatic carbocycles. The largest absolute Gasteiger partial charge is 0.355 e. The van der Waals surface area contributed by atoms with Crippen molar-refractivity contribution in [3.63, 3.8) is 0 Å². The van der Waals surface area contributed by atoms with E-state index in [4.69, 9.17) is 5.73 Å². The third kappa shape index (κ3) is 2.40. The van der Waals surface area contributed by atoms with Gasteiger partial charge in [-0.1, -0.05) is 13.8 Å². The maximum Gasteiger partial charge on any atom is 0.223 e. The van der Waals surface area contributed by atoms with Gasteiger partial charge in [-0.25, -0.2) is 0 Å². The molecule has 2 saturated carbocycles. The Bertz CT molecular complexity index is 271. The molecule has 0 spiro atoms. The number of hydrogen-bond acceptors (Lipinski definition) is 2. The van der Waals surface area contributed by atoms with Crippen molar-refractivity contribution in [3.05, 3.63) is 0 Å². The SMILES string of the molecule is CC(C)C1(CNC(=O)C2CCC(N)C2)CC1. The standard InChI is InChI=1S/C13H24N2O/c1-9(2)13(5-6-13)8-15-12(16)10-3-4-11(14)7-10/h9-11H,3-8,14H2,1-2H3,(H,15,16). The number of nitrogens with one attached hydrogen (secondary N) is 1. The molecule has 0 aliphatic heterocycles. The summed E-state index contributed by atoms with van der Waals surface area (Å²) in [7, 11) is 0. The first-order valence-electron chi connectivity index (χ1n) is 6.57. The lowest BCUT2D eigenvalue weighted by Gasteiger charge is -2.21. The molecule has 2 aliphatic carbocycles. The second-order valence-corrected chi connectivity index (χ2v) is 6.00. The molecule has 2 fully saturated rings. The number of hydrogen-bond donors (Lipinski definition) is 2. The van der Waals surface area contributed by atoms with Crippen molar-refractivity contribution < 1.29 is 4.79 Å². The van der Waals surface area contributed by atoms with Crippen molar-refractivity contribution in [3.8, 4) is 0 Å². The van der Waals surface area contributed by atoms with Crippen LogP contribution in [-0.2, 0) is 4.79 Å². The van der Waals surface area contributed by atoms with Gasteiger partial charge in [0.15, 0.2) is 0 Å². The Morgan fingerprint density at radius 2 is 2.12 bits per heavy atom. The zero-order chi connectivity index (χ0) is 11.8. The maximum absolute atomic E-state index is 11.9. The van der Waals surface area contributed by atoms with Crippen LogP contribution in [0.2, 0.25) is 0 Å². The Balaban J connectivity index is 1.76. The quantitative estimate of drug-likeness (QED) is 0.763. The molecule has 16 heavy (non-hydrogen) atoms. The minimum Gasteiger partial charge on any atom is -0.355 e. The molecule has 0 radical (unpaired) electrons. The zero-order valence-electron chi connectivity index (χ0n) is 10.5. The Morgan fingerprint density at radius 3 is 2.56 bits per heavy atom. The van der Waals surface area contributed by atoms with Gasteiger partial charge in [-0.2, -0.15) is 0 Å². The lowest BCUT2D eigenvalue weighted by molar-refractivity contribution is -0.125. The molecule has 1 amide bonds. The molecule has 3 heteroatoms. The summed E-state index contributed by atoms with van der Waals surface area (Å²) in [6.45, 7) is 5.38. The van der Waals surface area contributed by atoms with E-state index in [0.29, 0.717) is 11.3 Å². The molecule has 0 saturated heterocycles. The molecule has 92 valence electrons. The molecule has 2 atom stereocenters. The van der Waals surface area contributed by atoms with Crippen molar-refractivity contribution in [1.82, 2.24) is 5.32 Å². The summed E-state index contributed by atoms with van der Waals surface area (Å²) in [5.74, 6) is 1.09. The van der Waals surface area contributed by atoms with E-state index in [2.05, 4.69) is 19.2 Å². The highest BCUT2D eigenvalue weighted by Gasteiger charge is 2.45. The molecule has 0 bridgehead atoms. The van der Waals surface area contributed by atoms with E-state index >= 15 is 0 Å². The summed E-state index contributed by atoms with van der Waals surface area (Å²) in [5.41, 5.74) is 6.24. The van der Waals surface area contributed by atoms with E-state index in [1.807, 2.05) is 0 Å². The number of amides is 1. The molecule has 2 aliphatic rings. The van der Waals surface area contributed by atoms with Gasteiger partial charge in [0.1, 0.15) is 0 Å². The van der Waals surface area contributed by atoms with Gasteiger partial charge >= 0.3 is 0 Å². The molecule has 2 unspecified atom stereocenters. The Morgan fingerprint density at radius 1 is 1.44 bits per heavy atom. The number of nitrogens with two attached hydrogens (primary N) is 1. The highest BCUT2D eigenvalue weighted by atomic mass is 16.1. The van der Waals surface area contributed by atoms with Crippen LogP contribution in [0.3, 0.4) is 0 Å². The fraction of sp³-hybridized carbons (Fsp3) is 0.923. The van der Waals surface area contributed by atoms with E-state index in [-0.39, 0.29) is 17.9 Å². The van der Waals surface area contributed by atoms with Crippen LogP contribution in [0.1, 0.15) is 46.0 Å². The fourth-order valence-corrected chi connectivity index (χ4v) is 2.78. The van der Waals surface area contributed by atoms with E-state index in [1.54, 1.807) is 0 Å². The van der Waals surface area contributed by atoms with E-state index in [1.165, 1.54) is 12.8 Å². The van der Waals surface area contributed by atoms with Crippen LogP contribution in [0.25, 0.3) is 0 Å². The minimum absolute atomic E-state index is 0.179. The average molecular weight is 224 g/mol. The molecule has 3 N–H and O–H groups in total. The first-order valence-corrected chi connectivity index (χ1v) is 6.57. The van der Waals surface area contributed by atoms with Crippen LogP contribution < -0.4 is 11.1 Å². The molecule has 0 heterocycles. The lowest BCUT2D eigenvalue weighted by atomic mass is 9.92. The van der Waals surface area contributed by atoms with Crippen LogP contribution in [0, 0.1) is 17.3 Å². The predicted octanol–water partition coefficient (Wildman–Crippen LogP) is 1.67. The lowest BCUT2D eigenvalue weighted by Crippen LogP contribution is -2.36. The minimum atomic E-state index is 0.179. The Labute approximate surface area is 98.2 Å². The second-order valence-electron chi connectivity index (χ2n) is 6.00. The highest BCUT2D eigenvalue weighted by Crippen LogP contribution is 2.51. The molecule has 3 nitrogen and oxygen atoms in total. The van der Waals surface area contributed by atoms with Crippen molar-refractivity contribution >= 4 is 5.91 Å². The Hall–Kier alpha value is -0.570. The van der Waals surface area contributed by atoms with E-state index in [0.717, 1.165) is 25.8 Å². The summed E-state index contributed by atoms with van der Waals surface area (Å²) < 4.78 is 0. The summed E-state index contributed by atoms with van der Waals surface area (Å²) in [6.07, 6.45) is 5.40. The van der Waals surface area contributed by atoms with Crippen LogP contribution >= 0.6 is 0 Å². The summed E-state index contributed by atoms with van der Waals surface area (Å²) in [6, 6.07) is 0.246. The van der Waals surface area contributed by atoms with Gasteiger partial charge in [-0.05, 0) is 43.4 Å². The van der Waals surface area contributed by atoms with Gasteiger partial charge in [0.05, 0.1) is 0 Å². The van der Waals surface area contributed by atoms with Crippen molar-refractivity contribution in [1.29, 1.82) is 0 Å². The first-order chi connectivity index (χ1) is 7.53. The molecular formula is C13H24N2O. The van der Waals surface area contributed by atoms with Gasteiger partial charge in [0.25, 0.3) is 0 Å². The third-order valence-electron chi connectivity index (χ3n) is 4.58. The van der Waals surface area contributed by atoms with E-state index in [9.17, 15) is 4.79 Å². The smallest absolute Gasteiger partial charge is 0.223 e. The third-order valence-corrected chi connectivity index (χ3v) is 4.58. The Kier molecular flexibility index (Phi) is 3.24. The zero-order valence-corrected chi connectivity index (χ0v) is 10.5. The van der Waals surface area contributed by atoms with Crippen molar-refractivity contribution in [2.45, 2.75) is 52.0 Å². The van der Waals surface area contributed by atoms with Gasteiger partial charge in [-0.3, -0.25) is 4.79 Å². The van der Waals surface area contributed by atoms with Crippen molar-refractivity contribution in [2.75, 3.05) is 6.54 Å². The summed E-state index contributed by atoms with van der Waals surface area (Å²) in [4.78, 5) is 11.9. The highest BCUT2D eigenvalue weighted by molar-refractivity contribution is 5.79. The van der Waals surface area contributed by atoms with E-state index < -0.39 is 0 Å². The van der Waals surface area contributed by atoms with Gasteiger partial charge in [-0.15, -0.1) is 0 Å². The number of rotatable bonds is 4. The molecule has 0 aromatic rings. The van der Waals surface area contributed by atoms with Crippen molar-refractivity contribution in [2.24, 2.45) is 23.0 Å². The van der Waals surface area contributed by atoms with Gasteiger partial charge in [0.2, 0.25) is 5.91 Å². The second kappa shape index (κ2) is 4.36. The fourth-order valence-electron chi connectivity index (χ4n) is 2.78. The molecule has 0 aromatic heterocycles. The predicted molar refractivity (Wildman–Crippen MR) is 64.8 cm³/mol. The monoisotopic (exact) mass is 224 g/mol. The van der Waals surface area contributed by atoms with Gasteiger partial charge in [0, 0.05) is 18.5 Å². The van der Waals surface area contributed by atoms with Crippen LogP contribution in [0.4, 0.5) is 0 Å². The topological polar surface area (TPSA) is 55.1 Å². The van der Waals surface area contributed by atoms with Crippen LogP contribution in [0.5, 0.6) is 0 Å². The van der Waals surface area contributed by atoms with Crippen LogP contribution in [0.15, 0.2) is 0 Å². The normalized spacial score (nSPS) is 31.8. The average Bonchev–Trinajstić information content (AvgIpc) is 2.92. The first kappa shape index (κ1) is 11.9. The molecular weight excluding hydrogens is 200 g/mol. The van der Waals surface area contributed by atoms with Gasteiger partial charge < -0.3 is 11.1 Å². The number of carbonyl (C=O) groups is 1.